The second-order valence-corrected chi connectivity index (χ2v) is 6.57. The molecule has 0 spiro atoms. The lowest BCUT2D eigenvalue weighted by Gasteiger charge is -2.11. The summed E-state index contributed by atoms with van der Waals surface area (Å²) in [6.45, 7) is 1.96. The second kappa shape index (κ2) is 7.17. The Morgan fingerprint density at radius 2 is 2.03 bits per heavy atom. The summed E-state index contributed by atoms with van der Waals surface area (Å²) in [7, 11) is 1.36. The van der Waals surface area contributed by atoms with E-state index in [4.69, 9.17) is 10.00 Å². The second-order valence-electron chi connectivity index (χ2n) is 6.57. The zero-order chi connectivity index (χ0) is 20.5. The zero-order valence-corrected chi connectivity index (χ0v) is 15.8. The van der Waals surface area contributed by atoms with Crippen molar-refractivity contribution in [1.29, 1.82) is 5.26 Å². The van der Waals surface area contributed by atoms with Gasteiger partial charge < -0.3 is 15.2 Å². The van der Waals surface area contributed by atoms with Crippen molar-refractivity contribution in [2.24, 2.45) is 0 Å². The van der Waals surface area contributed by atoms with Crippen LogP contribution in [0.1, 0.15) is 11.1 Å². The van der Waals surface area contributed by atoms with Crippen molar-refractivity contribution < 1.29 is 14.2 Å². The van der Waals surface area contributed by atoms with Crippen LogP contribution in [0.25, 0.3) is 16.9 Å². The van der Waals surface area contributed by atoms with Crippen molar-refractivity contribution in [1.82, 2.24) is 9.38 Å². The summed E-state index contributed by atoms with van der Waals surface area (Å²) in [6.07, 6.45) is 1.87. The minimum absolute atomic E-state index is 0.0191. The summed E-state index contributed by atoms with van der Waals surface area (Å²) < 4.78 is 21.2. The summed E-state index contributed by atoms with van der Waals surface area (Å²) in [5, 5.41) is 22.3. The van der Waals surface area contributed by atoms with E-state index in [0.29, 0.717) is 34.0 Å². The number of rotatable bonds is 4. The number of halogens is 1. The first-order valence-electron chi connectivity index (χ1n) is 8.83. The molecular formula is C22H17FN4O2. The molecule has 2 heterocycles. The number of methoxy groups -OCH3 is 1. The summed E-state index contributed by atoms with van der Waals surface area (Å²) in [5.41, 5.74) is 3.83. The van der Waals surface area contributed by atoms with Gasteiger partial charge in [-0.05, 0) is 55.0 Å². The van der Waals surface area contributed by atoms with E-state index in [-0.39, 0.29) is 5.75 Å². The van der Waals surface area contributed by atoms with Crippen LogP contribution in [0.2, 0.25) is 0 Å². The molecule has 2 N–H and O–H groups in total. The Hall–Kier alpha value is -4.05. The average molecular weight is 388 g/mol. The normalized spacial score (nSPS) is 10.7. The number of hydrogen-bond acceptors (Lipinski definition) is 5. The van der Waals surface area contributed by atoms with Crippen LogP contribution in [0.3, 0.4) is 0 Å². The van der Waals surface area contributed by atoms with E-state index in [9.17, 15) is 9.50 Å². The van der Waals surface area contributed by atoms with Crippen LogP contribution >= 0.6 is 0 Å². The maximum Gasteiger partial charge on any atom is 0.194 e. The van der Waals surface area contributed by atoms with Gasteiger partial charge in [0.25, 0.3) is 0 Å². The van der Waals surface area contributed by atoms with Crippen LogP contribution in [0.15, 0.2) is 54.7 Å². The number of ether oxygens (including phenoxy) is 1. The van der Waals surface area contributed by atoms with Crippen molar-refractivity contribution in [2.75, 3.05) is 12.4 Å². The maximum absolute atomic E-state index is 14.3. The number of imidazole rings is 1. The molecule has 0 fully saturated rings. The van der Waals surface area contributed by atoms with Gasteiger partial charge in [-0.1, -0.05) is 6.07 Å². The molecule has 0 saturated heterocycles. The number of phenols is 1. The van der Waals surface area contributed by atoms with Crippen LogP contribution in [0.4, 0.5) is 15.9 Å². The molecule has 0 aliphatic carbocycles. The number of aryl methyl sites for hydroxylation is 1. The molecule has 2 aromatic carbocycles. The minimum Gasteiger partial charge on any atom is -0.502 e. The number of anilines is 2. The minimum atomic E-state index is -0.801. The first-order chi connectivity index (χ1) is 14.0. The van der Waals surface area contributed by atoms with Crippen molar-refractivity contribution in [2.45, 2.75) is 6.92 Å². The molecule has 0 unspecified atom stereocenters. The molecule has 4 aromatic rings. The Balaban J connectivity index is 1.93. The lowest BCUT2D eigenvalue weighted by Crippen LogP contribution is -1.98. The van der Waals surface area contributed by atoms with E-state index >= 15 is 0 Å². The third-order valence-corrected chi connectivity index (χ3v) is 4.56. The molecule has 0 radical (unpaired) electrons. The van der Waals surface area contributed by atoms with Gasteiger partial charge in [0.15, 0.2) is 17.3 Å². The number of fused-ring (bicyclic) bond motifs is 1. The third kappa shape index (κ3) is 3.32. The Morgan fingerprint density at radius 3 is 2.79 bits per heavy atom. The predicted octanol–water partition coefficient (Wildman–Crippen LogP) is 4.78. The number of nitriles is 1. The smallest absolute Gasteiger partial charge is 0.194 e. The molecule has 4 rings (SSSR count). The summed E-state index contributed by atoms with van der Waals surface area (Å²) in [6, 6.07) is 15.7. The number of pyridine rings is 1. The Kier molecular flexibility index (Phi) is 4.53. The molecule has 0 aliphatic rings. The van der Waals surface area contributed by atoms with E-state index < -0.39 is 11.6 Å². The molecule has 2 aromatic heterocycles. The first kappa shape index (κ1) is 18.3. The van der Waals surface area contributed by atoms with Gasteiger partial charge in [0, 0.05) is 17.4 Å². The molecule has 0 atom stereocenters. The highest BCUT2D eigenvalue weighted by molar-refractivity contribution is 5.81. The number of aromatic nitrogens is 2. The van der Waals surface area contributed by atoms with E-state index in [1.807, 2.05) is 35.7 Å². The topological polar surface area (TPSA) is 82.6 Å². The van der Waals surface area contributed by atoms with Gasteiger partial charge in [-0.3, -0.25) is 4.40 Å². The van der Waals surface area contributed by atoms with Gasteiger partial charge in [-0.15, -0.1) is 0 Å². The Labute approximate surface area is 166 Å². The Bertz CT molecular complexity index is 1270. The van der Waals surface area contributed by atoms with Gasteiger partial charge in [0.1, 0.15) is 17.2 Å². The van der Waals surface area contributed by atoms with Crippen LogP contribution in [-0.4, -0.2) is 21.6 Å². The molecule has 0 amide bonds. The number of aromatic hydroxyl groups is 1. The van der Waals surface area contributed by atoms with Crippen LogP contribution < -0.4 is 10.1 Å². The lowest BCUT2D eigenvalue weighted by molar-refractivity contribution is 0.357. The lowest BCUT2D eigenvalue weighted by atomic mass is 10.1. The van der Waals surface area contributed by atoms with Gasteiger partial charge in [0.2, 0.25) is 0 Å². The predicted molar refractivity (Wildman–Crippen MR) is 108 cm³/mol. The van der Waals surface area contributed by atoms with Gasteiger partial charge >= 0.3 is 0 Å². The van der Waals surface area contributed by atoms with E-state index in [0.717, 1.165) is 5.56 Å². The molecular weight excluding hydrogens is 371 g/mol. The fraction of sp³-hybridized carbons (Fsp3) is 0.0909. The van der Waals surface area contributed by atoms with E-state index in [2.05, 4.69) is 16.4 Å². The van der Waals surface area contributed by atoms with Crippen LogP contribution in [0.5, 0.6) is 11.5 Å². The Morgan fingerprint density at radius 1 is 1.21 bits per heavy atom. The van der Waals surface area contributed by atoms with Crippen molar-refractivity contribution in [3.8, 4) is 28.8 Å². The number of nitrogens with one attached hydrogen (secondary N) is 1. The number of hydrogen-bond donors (Lipinski definition) is 2. The van der Waals surface area contributed by atoms with Gasteiger partial charge in [-0.2, -0.15) is 5.26 Å². The zero-order valence-electron chi connectivity index (χ0n) is 15.8. The average Bonchev–Trinajstić information content (AvgIpc) is 3.07. The fourth-order valence-corrected chi connectivity index (χ4v) is 3.14. The highest BCUT2D eigenvalue weighted by Gasteiger charge is 2.19. The van der Waals surface area contributed by atoms with E-state index in [1.54, 1.807) is 18.2 Å². The molecule has 0 aliphatic heterocycles. The summed E-state index contributed by atoms with van der Waals surface area (Å²) in [4.78, 5) is 4.66. The first-order valence-corrected chi connectivity index (χ1v) is 8.83. The van der Waals surface area contributed by atoms with E-state index in [1.165, 1.54) is 19.2 Å². The van der Waals surface area contributed by atoms with Crippen LogP contribution in [0, 0.1) is 24.1 Å². The van der Waals surface area contributed by atoms with Crippen molar-refractivity contribution >= 4 is 17.2 Å². The molecule has 0 bridgehead atoms. The SMILES string of the molecule is COc1cc(-c2nc3cc(C)ccn3c2Nc2cccc(C#N)c2)cc(F)c1O. The number of phenolic OH excluding ortho intramolecular Hbond substituents is 1. The summed E-state index contributed by atoms with van der Waals surface area (Å²) in [5.74, 6) is -0.731. The quantitative estimate of drug-likeness (QED) is 0.526. The summed E-state index contributed by atoms with van der Waals surface area (Å²) >= 11 is 0. The van der Waals surface area contributed by atoms with Crippen molar-refractivity contribution in [3.63, 3.8) is 0 Å². The third-order valence-electron chi connectivity index (χ3n) is 4.56. The maximum atomic E-state index is 14.3. The highest BCUT2D eigenvalue weighted by atomic mass is 19.1. The monoisotopic (exact) mass is 388 g/mol. The number of benzene rings is 2. The molecule has 0 saturated carbocycles. The highest BCUT2D eigenvalue weighted by Crippen LogP contribution is 2.38. The number of nitrogens with zero attached hydrogens (tertiary/aromatic N) is 3. The van der Waals surface area contributed by atoms with Crippen molar-refractivity contribution in [3.05, 3.63) is 71.7 Å². The molecule has 6 nitrogen and oxygen atoms in total. The van der Waals surface area contributed by atoms with Gasteiger partial charge in [-0.25, -0.2) is 9.37 Å². The largest absolute Gasteiger partial charge is 0.502 e. The fourth-order valence-electron chi connectivity index (χ4n) is 3.14. The van der Waals surface area contributed by atoms with Crippen LogP contribution in [-0.2, 0) is 0 Å². The molecule has 29 heavy (non-hydrogen) atoms. The molecule has 144 valence electrons. The molecule has 7 heteroatoms. The standard InChI is InChI=1S/C22H17FN4O2/c1-13-6-7-27-19(8-13)26-20(15-10-17(23)21(28)18(11-15)29-2)22(27)25-16-5-3-4-14(9-16)12-24/h3-11,25,28H,1-2H3. The van der Waals surface area contributed by atoms with Gasteiger partial charge in [0.05, 0.1) is 18.7 Å².